The van der Waals surface area contributed by atoms with Crippen molar-refractivity contribution in [3.8, 4) is 0 Å². The predicted octanol–water partition coefficient (Wildman–Crippen LogP) is 2.93. The minimum atomic E-state index is -3.77. The molecule has 5 heteroatoms. The van der Waals surface area contributed by atoms with Gasteiger partial charge in [0.2, 0.25) is 10.0 Å². The summed E-state index contributed by atoms with van der Waals surface area (Å²) in [5.41, 5.74) is 0. The van der Waals surface area contributed by atoms with Gasteiger partial charge in [0, 0.05) is 6.04 Å². The molecule has 0 radical (unpaired) electrons. The van der Waals surface area contributed by atoms with Crippen molar-refractivity contribution in [2.45, 2.75) is 43.5 Å². The van der Waals surface area contributed by atoms with Gasteiger partial charge >= 0.3 is 0 Å². The third kappa shape index (κ3) is 2.49. The van der Waals surface area contributed by atoms with Gasteiger partial charge in [-0.05, 0) is 56.1 Å². The van der Waals surface area contributed by atoms with Crippen LogP contribution in [0.1, 0.15) is 32.6 Å². The van der Waals surface area contributed by atoms with Gasteiger partial charge in [0.25, 0.3) is 0 Å². The van der Waals surface area contributed by atoms with Gasteiger partial charge in [0.15, 0.2) is 0 Å². The third-order valence-electron chi connectivity index (χ3n) is 4.90. The number of sulfonamides is 1. The molecule has 3 nitrogen and oxygen atoms in total. The molecule has 3 unspecified atom stereocenters. The van der Waals surface area contributed by atoms with Gasteiger partial charge in [0.1, 0.15) is 10.7 Å². The second kappa shape index (κ2) is 5.11. The van der Waals surface area contributed by atoms with Crippen LogP contribution < -0.4 is 4.72 Å². The summed E-state index contributed by atoms with van der Waals surface area (Å²) in [5.74, 6) is 1.11. The summed E-state index contributed by atoms with van der Waals surface area (Å²) < 4.78 is 40.9. The van der Waals surface area contributed by atoms with Gasteiger partial charge in [0.05, 0.1) is 0 Å². The van der Waals surface area contributed by atoms with E-state index in [2.05, 4.69) is 4.72 Å². The van der Waals surface area contributed by atoms with E-state index >= 15 is 0 Å². The Labute approximate surface area is 119 Å². The first-order valence-corrected chi connectivity index (χ1v) is 8.72. The van der Waals surface area contributed by atoms with Gasteiger partial charge in [-0.3, -0.25) is 0 Å². The Balaban J connectivity index is 1.75. The van der Waals surface area contributed by atoms with Crippen LogP contribution in [0.15, 0.2) is 29.2 Å². The minimum absolute atomic E-state index is 0.130. The first-order valence-electron chi connectivity index (χ1n) is 7.24. The lowest BCUT2D eigenvalue weighted by Gasteiger charge is -2.28. The molecule has 2 bridgehead atoms. The Morgan fingerprint density at radius 3 is 2.60 bits per heavy atom. The van der Waals surface area contributed by atoms with Crippen molar-refractivity contribution < 1.29 is 12.8 Å². The summed E-state index contributed by atoms with van der Waals surface area (Å²) in [7, 11) is -3.77. The Morgan fingerprint density at radius 1 is 1.25 bits per heavy atom. The predicted molar refractivity (Wildman–Crippen MR) is 75.1 cm³/mol. The molecule has 2 saturated carbocycles. The van der Waals surface area contributed by atoms with Crippen molar-refractivity contribution in [1.29, 1.82) is 0 Å². The molecule has 1 N–H and O–H groups in total. The summed E-state index contributed by atoms with van der Waals surface area (Å²) in [6, 6.07) is 5.39. The van der Waals surface area contributed by atoms with E-state index in [1.165, 1.54) is 37.5 Å². The van der Waals surface area contributed by atoms with Crippen LogP contribution >= 0.6 is 0 Å². The number of halogens is 1. The molecule has 0 heterocycles. The second-order valence-corrected chi connectivity index (χ2v) is 7.86. The topological polar surface area (TPSA) is 46.2 Å². The van der Waals surface area contributed by atoms with Crippen LogP contribution in [0.25, 0.3) is 0 Å². The average molecular weight is 297 g/mol. The van der Waals surface area contributed by atoms with Gasteiger partial charge in [-0.15, -0.1) is 0 Å². The summed E-state index contributed by atoms with van der Waals surface area (Å²) >= 11 is 0. The lowest BCUT2D eigenvalue weighted by atomic mass is 9.84. The van der Waals surface area contributed by atoms with Crippen LogP contribution in [0.3, 0.4) is 0 Å². The molecule has 0 amide bonds. The average Bonchev–Trinajstić information content (AvgIpc) is 3.00. The zero-order valence-corrected chi connectivity index (χ0v) is 12.4. The van der Waals surface area contributed by atoms with Crippen molar-refractivity contribution in [2.24, 2.45) is 17.8 Å². The van der Waals surface area contributed by atoms with Crippen molar-refractivity contribution in [3.63, 3.8) is 0 Å². The molecule has 1 aromatic carbocycles. The van der Waals surface area contributed by atoms with Gasteiger partial charge in [-0.2, -0.15) is 0 Å². The maximum absolute atomic E-state index is 13.6. The Kier molecular flexibility index (Phi) is 3.58. The Hall–Kier alpha value is -0.940. The maximum Gasteiger partial charge on any atom is 0.243 e. The monoisotopic (exact) mass is 297 g/mol. The fraction of sp³-hybridized carbons (Fsp3) is 0.600. The van der Waals surface area contributed by atoms with Crippen LogP contribution in [-0.2, 0) is 10.0 Å². The molecular formula is C15H20FNO2S. The Morgan fingerprint density at radius 2 is 2.00 bits per heavy atom. The minimum Gasteiger partial charge on any atom is -0.208 e. The molecule has 0 aliphatic heterocycles. The highest BCUT2D eigenvalue weighted by atomic mass is 32.2. The molecule has 110 valence electrons. The zero-order chi connectivity index (χ0) is 14.3. The first kappa shape index (κ1) is 14.0. The second-order valence-electron chi connectivity index (χ2n) is 6.18. The lowest BCUT2D eigenvalue weighted by molar-refractivity contribution is 0.280. The molecule has 4 atom stereocenters. The largest absolute Gasteiger partial charge is 0.243 e. The molecule has 2 aliphatic carbocycles. The summed E-state index contributed by atoms with van der Waals surface area (Å²) in [6.07, 6.45) is 4.83. The number of hydrogen-bond acceptors (Lipinski definition) is 2. The number of fused-ring (bicyclic) bond motifs is 2. The highest BCUT2D eigenvalue weighted by Gasteiger charge is 2.42. The summed E-state index contributed by atoms with van der Waals surface area (Å²) in [4.78, 5) is -0.255. The highest BCUT2D eigenvalue weighted by Crippen LogP contribution is 2.49. The van der Waals surface area contributed by atoms with Crippen molar-refractivity contribution in [1.82, 2.24) is 4.72 Å². The van der Waals surface area contributed by atoms with E-state index in [1.54, 1.807) is 6.07 Å². The molecule has 1 aromatic rings. The number of hydrogen-bond donors (Lipinski definition) is 1. The molecular weight excluding hydrogens is 277 g/mol. The summed E-state index contributed by atoms with van der Waals surface area (Å²) in [6.45, 7) is 1.91. The van der Waals surface area contributed by atoms with Crippen LogP contribution in [0, 0.1) is 23.6 Å². The van der Waals surface area contributed by atoms with E-state index in [0.717, 1.165) is 12.3 Å². The standard InChI is InChI=1S/C15H20FNO2S/c1-10(13-9-11-6-7-12(13)8-11)17-20(18,19)15-5-3-2-4-14(15)16/h2-5,10-13,17H,6-9H2,1H3/t10?,11?,12?,13-/m0/s1. The van der Waals surface area contributed by atoms with E-state index in [-0.39, 0.29) is 10.9 Å². The van der Waals surface area contributed by atoms with Gasteiger partial charge in [-0.1, -0.05) is 18.6 Å². The first-order chi connectivity index (χ1) is 9.47. The summed E-state index contributed by atoms with van der Waals surface area (Å²) in [5, 5.41) is 0. The van der Waals surface area contributed by atoms with E-state index in [9.17, 15) is 12.8 Å². The smallest absolute Gasteiger partial charge is 0.208 e. The van der Waals surface area contributed by atoms with Crippen molar-refractivity contribution in [2.75, 3.05) is 0 Å². The van der Waals surface area contributed by atoms with Crippen molar-refractivity contribution in [3.05, 3.63) is 30.1 Å². The zero-order valence-electron chi connectivity index (χ0n) is 11.5. The number of rotatable bonds is 4. The van der Waals surface area contributed by atoms with Gasteiger partial charge < -0.3 is 0 Å². The van der Waals surface area contributed by atoms with E-state index < -0.39 is 15.8 Å². The van der Waals surface area contributed by atoms with Crippen molar-refractivity contribution >= 4 is 10.0 Å². The SMILES string of the molecule is CC(NS(=O)(=O)c1ccccc1F)[C@@H]1CC2CCC1C2. The molecule has 2 fully saturated rings. The molecule has 3 rings (SSSR count). The third-order valence-corrected chi connectivity index (χ3v) is 6.49. The fourth-order valence-corrected chi connectivity index (χ4v) is 5.34. The number of nitrogens with one attached hydrogen (secondary N) is 1. The molecule has 0 saturated heterocycles. The van der Waals surface area contributed by atoms with E-state index in [0.29, 0.717) is 11.8 Å². The Bertz CT molecular complexity index is 602. The quantitative estimate of drug-likeness (QED) is 0.929. The molecule has 2 aliphatic rings. The fourth-order valence-electron chi connectivity index (χ4n) is 3.96. The molecule has 0 aromatic heterocycles. The van der Waals surface area contributed by atoms with Crippen LogP contribution in [0.2, 0.25) is 0 Å². The number of benzene rings is 1. The lowest BCUT2D eigenvalue weighted by Crippen LogP contribution is -2.40. The molecule has 0 spiro atoms. The van der Waals surface area contributed by atoms with Gasteiger partial charge in [-0.25, -0.2) is 17.5 Å². The normalized spacial score (nSPS) is 30.6. The van der Waals surface area contributed by atoms with Crippen LogP contribution in [0.4, 0.5) is 4.39 Å². The highest BCUT2D eigenvalue weighted by molar-refractivity contribution is 7.89. The maximum atomic E-state index is 13.6. The molecule has 20 heavy (non-hydrogen) atoms. The van der Waals surface area contributed by atoms with E-state index in [4.69, 9.17) is 0 Å². The van der Waals surface area contributed by atoms with E-state index in [1.807, 2.05) is 6.92 Å². The van der Waals surface area contributed by atoms with Crippen LogP contribution in [0.5, 0.6) is 0 Å². The van der Waals surface area contributed by atoms with Crippen LogP contribution in [-0.4, -0.2) is 14.5 Å².